The average molecular weight is 534 g/mol. The van der Waals surface area contributed by atoms with Gasteiger partial charge in [0, 0.05) is 6.42 Å². The Bertz CT molecular complexity index is 1140. The molecule has 2 unspecified atom stereocenters. The highest BCUT2D eigenvalue weighted by molar-refractivity contribution is 5.69. The zero-order valence-corrected chi connectivity index (χ0v) is 22.9. The third kappa shape index (κ3) is 8.63. The zero-order valence-electron chi connectivity index (χ0n) is 22.9. The maximum absolute atomic E-state index is 13.4. The first-order valence-corrected chi connectivity index (χ1v) is 13.4. The van der Waals surface area contributed by atoms with Crippen LogP contribution in [0.2, 0.25) is 0 Å². The lowest BCUT2D eigenvalue weighted by atomic mass is 9.94. The van der Waals surface area contributed by atoms with Gasteiger partial charge >= 0.3 is 6.09 Å². The van der Waals surface area contributed by atoms with E-state index < -0.39 is 36.2 Å². The van der Waals surface area contributed by atoms with E-state index in [1.54, 1.807) is 20.8 Å². The molecule has 0 aliphatic carbocycles. The van der Waals surface area contributed by atoms with Crippen LogP contribution in [0, 0.1) is 0 Å². The Morgan fingerprint density at radius 2 is 1.28 bits per heavy atom. The molecule has 0 aromatic heterocycles. The summed E-state index contributed by atoms with van der Waals surface area (Å²) in [7, 11) is 0. The van der Waals surface area contributed by atoms with E-state index >= 15 is 0 Å². The van der Waals surface area contributed by atoms with Crippen molar-refractivity contribution < 1.29 is 28.8 Å². The van der Waals surface area contributed by atoms with E-state index in [0.717, 1.165) is 16.7 Å². The third-order valence-electron chi connectivity index (χ3n) is 6.46. The van der Waals surface area contributed by atoms with Crippen molar-refractivity contribution in [3.05, 3.63) is 108 Å². The molecule has 1 fully saturated rings. The molecule has 3 aromatic carbocycles. The molecule has 3 aromatic rings. The highest BCUT2D eigenvalue weighted by Gasteiger charge is 2.47. The molecule has 4 atom stereocenters. The number of piperidine rings is 1. The molecular weight excluding hydrogens is 494 g/mol. The van der Waals surface area contributed by atoms with Crippen molar-refractivity contribution in [2.75, 3.05) is 6.61 Å². The molecule has 1 saturated heterocycles. The van der Waals surface area contributed by atoms with Gasteiger partial charge in [0.1, 0.15) is 17.9 Å². The summed E-state index contributed by atoms with van der Waals surface area (Å²) in [5.41, 5.74) is 2.29. The summed E-state index contributed by atoms with van der Waals surface area (Å²) in [6, 6.07) is 28.9. The molecule has 1 aliphatic rings. The molecule has 4 rings (SSSR count). The van der Waals surface area contributed by atoms with Crippen LogP contribution in [0.5, 0.6) is 0 Å². The summed E-state index contributed by atoms with van der Waals surface area (Å²) >= 11 is 0. The van der Waals surface area contributed by atoms with E-state index in [1.165, 1.54) is 4.90 Å². The first kappa shape index (κ1) is 28.8. The second-order valence-electron chi connectivity index (χ2n) is 10.8. The van der Waals surface area contributed by atoms with Crippen molar-refractivity contribution in [2.45, 2.75) is 77.1 Å². The van der Waals surface area contributed by atoms with Crippen LogP contribution >= 0.6 is 0 Å². The molecule has 7 nitrogen and oxygen atoms in total. The molecule has 7 heteroatoms. The van der Waals surface area contributed by atoms with Crippen LogP contribution in [-0.4, -0.2) is 52.8 Å². The van der Waals surface area contributed by atoms with Crippen LogP contribution < -0.4 is 0 Å². The minimum absolute atomic E-state index is 0.135. The first-order valence-electron chi connectivity index (χ1n) is 13.4. The van der Waals surface area contributed by atoms with Crippen LogP contribution in [0.3, 0.4) is 0 Å². The second kappa shape index (κ2) is 13.7. The summed E-state index contributed by atoms with van der Waals surface area (Å²) < 4.78 is 24.6. The van der Waals surface area contributed by atoms with Gasteiger partial charge in [-0.05, 0) is 37.5 Å². The van der Waals surface area contributed by atoms with Gasteiger partial charge in [-0.25, -0.2) is 4.79 Å². The number of benzene rings is 3. The number of likely N-dealkylation sites (tertiary alicyclic amines) is 1. The fourth-order valence-electron chi connectivity index (χ4n) is 4.63. The minimum atomic E-state index is -1.12. The van der Waals surface area contributed by atoms with Crippen molar-refractivity contribution in [1.29, 1.82) is 0 Å². The normalized spacial score (nSPS) is 21.5. The van der Waals surface area contributed by atoms with Crippen LogP contribution in [0.15, 0.2) is 91.0 Å². The predicted molar refractivity (Wildman–Crippen MR) is 149 cm³/mol. The molecular formula is C32H39NO6. The second-order valence-corrected chi connectivity index (χ2v) is 10.8. The van der Waals surface area contributed by atoms with Gasteiger partial charge in [-0.1, -0.05) is 91.0 Å². The average Bonchev–Trinajstić information content (AvgIpc) is 2.92. The molecule has 208 valence electrons. The summed E-state index contributed by atoms with van der Waals surface area (Å²) in [4.78, 5) is 14.7. The Morgan fingerprint density at radius 3 is 1.79 bits per heavy atom. The molecule has 0 radical (unpaired) electrons. The third-order valence-corrected chi connectivity index (χ3v) is 6.46. The van der Waals surface area contributed by atoms with E-state index in [4.69, 9.17) is 18.9 Å². The maximum atomic E-state index is 13.4. The van der Waals surface area contributed by atoms with Crippen molar-refractivity contribution in [3.8, 4) is 0 Å². The Morgan fingerprint density at radius 1 is 0.795 bits per heavy atom. The SMILES string of the molecule is CC(C)(C)OC(=O)N1C(O)CC(OCc2ccccc2)[C@H](OCc2ccccc2)[C@H]1COCc1ccccc1. The lowest BCUT2D eigenvalue weighted by Crippen LogP contribution is -2.64. The first-order chi connectivity index (χ1) is 18.8. The van der Waals surface area contributed by atoms with Crippen molar-refractivity contribution in [3.63, 3.8) is 0 Å². The fourth-order valence-corrected chi connectivity index (χ4v) is 4.63. The lowest BCUT2D eigenvalue weighted by Gasteiger charge is -2.47. The number of carbonyl (C=O) groups excluding carboxylic acids is 1. The number of nitrogens with zero attached hydrogens (tertiary/aromatic N) is 1. The molecule has 1 N–H and O–H groups in total. The fraction of sp³-hybridized carbons (Fsp3) is 0.406. The maximum Gasteiger partial charge on any atom is 0.412 e. The van der Waals surface area contributed by atoms with E-state index in [-0.39, 0.29) is 13.0 Å². The van der Waals surface area contributed by atoms with Crippen LogP contribution in [-0.2, 0) is 38.8 Å². The topological polar surface area (TPSA) is 77.5 Å². The Kier molecular flexibility index (Phi) is 10.1. The number of hydrogen-bond donors (Lipinski definition) is 1. The summed E-state index contributed by atoms with van der Waals surface area (Å²) in [5.74, 6) is 0. The summed E-state index contributed by atoms with van der Waals surface area (Å²) in [6.45, 7) is 6.58. The molecule has 0 spiro atoms. The van der Waals surface area contributed by atoms with E-state index in [1.807, 2.05) is 91.0 Å². The van der Waals surface area contributed by atoms with E-state index in [0.29, 0.717) is 19.8 Å². The molecule has 0 bridgehead atoms. The smallest absolute Gasteiger partial charge is 0.412 e. The van der Waals surface area contributed by atoms with Crippen LogP contribution in [0.25, 0.3) is 0 Å². The number of amides is 1. The lowest BCUT2D eigenvalue weighted by molar-refractivity contribution is -0.197. The summed E-state index contributed by atoms with van der Waals surface area (Å²) in [6.07, 6.45) is -2.60. The Hall–Kier alpha value is -3.23. The Balaban J connectivity index is 1.59. The van der Waals surface area contributed by atoms with Gasteiger partial charge in [0.05, 0.1) is 38.6 Å². The van der Waals surface area contributed by atoms with Gasteiger partial charge in [-0.15, -0.1) is 0 Å². The van der Waals surface area contributed by atoms with Crippen LogP contribution in [0.4, 0.5) is 4.79 Å². The standard InChI is InChI=1S/C32H39NO6/c1-32(2,3)39-31(35)33-27(23-36-20-24-13-7-4-8-14-24)30(38-22-26-17-11-6-12-18-26)28(19-29(33)34)37-21-25-15-9-5-10-16-25/h4-18,27-30,34H,19-23H2,1-3H3/t27-,28?,29?,30-/m1/s1. The predicted octanol–water partition coefficient (Wildman–Crippen LogP) is 5.70. The van der Waals surface area contributed by atoms with E-state index in [2.05, 4.69) is 0 Å². The van der Waals surface area contributed by atoms with Gasteiger partial charge < -0.3 is 24.1 Å². The molecule has 1 heterocycles. The van der Waals surface area contributed by atoms with Crippen LogP contribution in [0.1, 0.15) is 43.9 Å². The molecule has 1 aliphatic heterocycles. The monoisotopic (exact) mass is 533 g/mol. The quantitative estimate of drug-likeness (QED) is 0.360. The zero-order chi connectivity index (χ0) is 27.7. The Labute approximate surface area is 231 Å². The number of rotatable bonds is 10. The van der Waals surface area contributed by atoms with Gasteiger partial charge in [0.15, 0.2) is 0 Å². The van der Waals surface area contributed by atoms with Crippen molar-refractivity contribution in [2.24, 2.45) is 0 Å². The minimum Gasteiger partial charge on any atom is -0.444 e. The van der Waals surface area contributed by atoms with Gasteiger partial charge in [0.2, 0.25) is 0 Å². The number of aliphatic hydroxyl groups is 1. The van der Waals surface area contributed by atoms with Crippen molar-refractivity contribution >= 4 is 6.09 Å². The van der Waals surface area contributed by atoms with Crippen molar-refractivity contribution in [1.82, 2.24) is 4.90 Å². The largest absolute Gasteiger partial charge is 0.444 e. The molecule has 1 amide bonds. The number of hydrogen-bond acceptors (Lipinski definition) is 6. The van der Waals surface area contributed by atoms with Gasteiger partial charge in [0.25, 0.3) is 0 Å². The van der Waals surface area contributed by atoms with Gasteiger partial charge in [-0.3, -0.25) is 4.90 Å². The van der Waals surface area contributed by atoms with E-state index in [9.17, 15) is 9.90 Å². The molecule has 0 saturated carbocycles. The highest BCUT2D eigenvalue weighted by atomic mass is 16.6. The number of aliphatic hydroxyl groups excluding tert-OH is 1. The highest BCUT2D eigenvalue weighted by Crippen LogP contribution is 2.31. The number of ether oxygens (including phenoxy) is 4. The molecule has 39 heavy (non-hydrogen) atoms. The van der Waals surface area contributed by atoms with Gasteiger partial charge in [-0.2, -0.15) is 0 Å². The number of carbonyl (C=O) groups is 1. The summed E-state index contributed by atoms with van der Waals surface area (Å²) in [5, 5.41) is 11.2.